The van der Waals surface area contributed by atoms with E-state index in [2.05, 4.69) is 25.4 Å². The number of Topliss-reactive ketones (excluding diaryl/α,β-unsaturated/α-hetero) is 1. The second-order valence-corrected chi connectivity index (χ2v) is 7.53. The van der Waals surface area contributed by atoms with Crippen LogP contribution in [0.1, 0.15) is 97.8 Å². The molecule has 0 aromatic rings. The van der Waals surface area contributed by atoms with Crippen LogP contribution in [-0.4, -0.2) is 26.9 Å². The molecule has 0 saturated carbocycles. The van der Waals surface area contributed by atoms with Crippen LogP contribution < -0.4 is 0 Å². The van der Waals surface area contributed by atoms with E-state index in [1.165, 1.54) is 58.3 Å². The van der Waals surface area contributed by atoms with E-state index in [-0.39, 0.29) is 12.4 Å². The normalized spacial score (nSPS) is 13.0. The molecular weight excluding hydrogens is 360 g/mol. The van der Waals surface area contributed by atoms with E-state index in [4.69, 9.17) is 0 Å². The second-order valence-electron chi connectivity index (χ2n) is 6.44. The zero-order chi connectivity index (χ0) is 19.7. The van der Waals surface area contributed by atoms with E-state index in [9.17, 15) is 13.2 Å². The lowest BCUT2D eigenvalue weighted by atomic mass is 10.0. The van der Waals surface area contributed by atoms with E-state index >= 15 is 0 Å². The van der Waals surface area contributed by atoms with Crippen LogP contribution in [-0.2, 0) is 33.6 Å². The molecule has 1 atom stereocenters. The van der Waals surface area contributed by atoms with Crippen molar-refractivity contribution in [3.8, 4) is 0 Å². The van der Waals surface area contributed by atoms with Gasteiger partial charge in [0.05, 0.1) is 6.61 Å². The number of ketones is 1. The molecule has 0 saturated heterocycles. The van der Waals surface area contributed by atoms with Gasteiger partial charge >= 0.3 is 10.4 Å². The fraction of sp³-hybridized carbons (Fsp3) is 0.944. The van der Waals surface area contributed by atoms with E-state index in [1.807, 2.05) is 0 Å². The van der Waals surface area contributed by atoms with Crippen LogP contribution in [0, 0.1) is 0 Å². The van der Waals surface area contributed by atoms with Crippen molar-refractivity contribution >= 4 is 16.2 Å². The monoisotopic (exact) mass is 396 g/mol. The minimum atomic E-state index is -4.41. The first-order valence-corrected chi connectivity index (χ1v) is 11.2. The van der Waals surface area contributed by atoms with Crippen molar-refractivity contribution in [2.75, 3.05) is 6.61 Å². The van der Waals surface area contributed by atoms with Gasteiger partial charge in [-0.05, 0) is 20.3 Å². The maximum atomic E-state index is 11.9. The van der Waals surface area contributed by atoms with Gasteiger partial charge in [-0.1, -0.05) is 79.8 Å². The molecule has 0 aliphatic carbocycles. The lowest BCUT2D eigenvalue weighted by Gasteiger charge is -2.10. The van der Waals surface area contributed by atoms with Crippen LogP contribution in [0.4, 0.5) is 0 Å². The standard InChI is InChI=1S/C18H36O7S/c1-4-6-7-8-9-10-11-12-13-14-15-16-18(19)17(3)23-25-26(20,21)24-22-5-2/h17H,4-16H2,1-3H3. The molecule has 0 bridgehead atoms. The van der Waals surface area contributed by atoms with Crippen molar-refractivity contribution in [2.24, 2.45) is 0 Å². The van der Waals surface area contributed by atoms with Gasteiger partial charge in [-0.2, -0.15) is 8.42 Å². The van der Waals surface area contributed by atoms with Crippen molar-refractivity contribution < 1.29 is 31.7 Å². The smallest absolute Gasteiger partial charge is 0.297 e. The molecule has 1 unspecified atom stereocenters. The third kappa shape index (κ3) is 15.7. The Morgan fingerprint density at radius 2 is 1.31 bits per heavy atom. The number of unbranched alkanes of at least 4 members (excludes halogenated alkanes) is 10. The van der Waals surface area contributed by atoms with E-state index in [0.29, 0.717) is 6.42 Å². The van der Waals surface area contributed by atoms with Gasteiger partial charge in [0.1, 0.15) is 6.10 Å². The summed E-state index contributed by atoms with van der Waals surface area (Å²) in [5.41, 5.74) is 0. The average Bonchev–Trinajstić information content (AvgIpc) is 2.62. The molecule has 7 nitrogen and oxygen atoms in total. The van der Waals surface area contributed by atoms with Crippen molar-refractivity contribution in [3.63, 3.8) is 0 Å². The molecule has 156 valence electrons. The highest BCUT2D eigenvalue weighted by atomic mass is 32.3. The van der Waals surface area contributed by atoms with Gasteiger partial charge in [-0.25, -0.2) is 9.78 Å². The van der Waals surface area contributed by atoms with Gasteiger partial charge in [0.15, 0.2) is 5.78 Å². The highest BCUT2D eigenvalue weighted by Gasteiger charge is 2.21. The molecule has 0 amide bonds. The molecule has 0 aliphatic rings. The van der Waals surface area contributed by atoms with Crippen LogP contribution in [0.3, 0.4) is 0 Å². The van der Waals surface area contributed by atoms with E-state index in [0.717, 1.165) is 19.3 Å². The Hall–Kier alpha value is -0.540. The van der Waals surface area contributed by atoms with Gasteiger partial charge in [0.25, 0.3) is 0 Å². The summed E-state index contributed by atoms with van der Waals surface area (Å²) in [4.78, 5) is 20.7. The van der Waals surface area contributed by atoms with Gasteiger partial charge in [-0.15, -0.1) is 0 Å². The maximum Gasteiger partial charge on any atom is 0.453 e. The molecule has 0 N–H and O–H groups in total. The molecule has 0 rings (SSSR count). The Bertz CT molecular complexity index is 437. The van der Waals surface area contributed by atoms with Crippen LogP contribution in [0.5, 0.6) is 0 Å². The number of carbonyl (C=O) groups excluding carboxylic acids is 1. The Labute approximate surface area is 158 Å². The minimum absolute atomic E-state index is 0.0376. The Kier molecular flexibility index (Phi) is 16.3. The largest absolute Gasteiger partial charge is 0.453 e. The molecule has 0 heterocycles. The first-order valence-electron chi connectivity index (χ1n) is 9.86. The number of rotatable bonds is 19. The summed E-state index contributed by atoms with van der Waals surface area (Å²) in [6.45, 7) is 5.26. The molecule has 0 aromatic carbocycles. The lowest BCUT2D eigenvalue weighted by Crippen LogP contribution is -2.23. The summed E-state index contributed by atoms with van der Waals surface area (Å²) in [5, 5.41) is 0. The van der Waals surface area contributed by atoms with E-state index in [1.54, 1.807) is 6.92 Å². The molecule has 0 spiro atoms. The second kappa shape index (κ2) is 16.6. The Morgan fingerprint density at radius 3 is 1.81 bits per heavy atom. The van der Waals surface area contributed by atoms with Gasteiger partial charge < -0.3 is 0 Å². The first kappa shape index (κ1) is 25.5. The molecule has 26 heavy (non-hydrogen) atoms. The summed E-state index contributed by atoms with van der Waals surface area (Å²) < 4.78 is 30.5. The highest BCUT2D eigenvalue weighted by molar-refractivity contribution is 7.81. The third-order valence-corrected chi connectivity index (χ3v) is 4.50. The summed E-state index contributed by atoms with van der Waals surface area (Å²) >= 11 is 0. The topological polar surface area (TPSA) is 88.1 Å². The van der Waals surface area contributed by atoms with Crippen LogP contribution >= 0.6 is 0 Å². The SMILES string of the molecule is CCCCCCCCCCCCCC(=O)C(C)OOS(=O)(=O)OOCC. The van der Waals surface area contributed by atoms with Crippen LogP contribution in [0.15, 0.2) is 0 Å². The van der Waals surface area contributed by atoms with Gasteiger partial charge in [0, 0.05) is 6.42 Å². The van der Waals surface area contributed by atoms with Crippen molar-refractivity contribution in [3.05, 3.63) is 0 Å². The maximum absolute atomic E-state index is 11.9. The Morgan fingerprint density at radius 1 is 0.808 bits per heavy atom. The average molecular weight is 397 g/mol. The quantitative estimate of drug-likeness (QED) is 0.176. The van der Waals surface area contributed by atoms with Crippen LogP contribution in [0.2, 0.25) is 0 Å². The number of carbonyl (C=O) groups is 1. The van der Waals surface area contributed by atoms with Gasteiger partial charge in [0.2, 0.25) is 0 Å². The van der Waals surface area contributed by atoms with Gasteiger partial charge in [-0.3, -0.25) is 4.79 Å². The molecule has 0 radical (unpaired) electrons. The summed E-state index contributed by atoms with van der Waals surface area (Å²) in [5.74, 6) is -0.201. The first-order chi connectivity index (χ1) is 12.4. The lowest BCUT2D eigenvalue weighted by molar-refractivity contribution is -0.270. The summed E-state index contributed by atoms with van der Waals surface area (Å²) in [7, 11) is -4.41. The van der Waals surface area contributed by atoms with E-state index < -0.39 is 16.5 Å². The predicted octanol–water partition coefficient (Wildman–Crippen LogP) is 4.81. The fourth-order valence-electron chi connectivity index (χ4n) is 2.45. The highest BCUT2D eigenvalue weighted by Crippen LogP contribution is 2.13. The third-order valence-electron chi connectivity index (χ3n) is 4.00. The fourth-order valence-corrected chi connectivity index (χ4v) is 2.90. The molecule has 8 heteroatoms. The zero-order valence-corrected chi connectivity index (χ0v) is 17.4. The molecular formula is C18H36O7S. The van der Waals surface area contributed by atoms with Crippen molar-refractivity contribution in [1.29, 1.82) is 0 Å². The molecule has 0 fully saturated rings. The summed E-state index contributed by atoms with van der Waals surface area (Å²) in [6.07, 6.45) is 12.6. The minimum Gasteiger partial charge on any atom is -0.297 e. The zero-order valence-electron chi connectivity index (χ0n) is 16.5. The molecule has 0 aromatic heterocycles. The predicted molar refractivity (Wildman–Crippen MR) is 99.3 cm³/mol. The Balaban J connectivity index is 3.58. The van der Waals surface area contributed by atoms with Crippen molar-refractivity contribution in [1.82, 2.24) is 0 Å². The number of hydrogen-bond acceptors (Lipinski definition) is 7. The molecule has 0 aliphatic heterocycles. The number of hydrogen-bond donors (Lipinski definition) is 0. The van der Waals surface area contributed by atoms with Crippen LogP contribution in [0.25, 0.3) is 0 Å². The van der Waals surface area contributed by atoms with Crippen molar-refractivity contribution in [2.45, 2.75) is 104 Å². The summed E-state index contributed by atoms with van der Waals surface area (Å²) in [6, 6.07) is 0.